The van der Waals surface area contributed by atoms with Crippen LogP contribution in [-0.2, 0) is 11.3 Å². The zero-order valence-electron chi connectivity index (χ0n) is 12.7. The minimum Gasteiger partial charge on any atom is -0.371 e. The van der Waals surface area contributed by atoms with Crippen molar-refractivity contribution in [1.82, 2.24) is 15.0 Å². The summed E-state index contributed by atoms with van der Waals surface area (Å²) in [5, 5.41) is 3.14. The fourth-order valence-corrected chi connectivity index (χ4v) is 5.22. The van der Waals surface area contributed by atoms with Crippen molar-refractivity contribution in [2.75, 3.05) is 23.7 Å². The van der Waals surface area contributed by atoms with Crippen LogP contribution in [0.25, 0.3) is 0 Å². The third kappa shape index (κ3) is 3.20. The van der Waals surface area contributed by atoms with Crippen molar-refractivity contribution in [2.24, 2.45) is 0 Å². The van der Waals surface area contributed by atoms with E-state index in [2.05, 4.69) is 25.2 Å². The molecule has 2 aromatic heterocycles. The number of halogens is 1. The molecular weight excluding hydrogens is 335 g/mol. The van der Waals surface area contributed by atoms with Gasteiger partial charge in [0.2, 0.25) is 5.95 Å². The number of nitrogens with zero attached hydrogens (tertiary/aromatic N) is 4. The third-order valence-corrected chi connectivity index (χ3v) is 6.55. The van der Waals surface area contributed by atoms with Gasteiger partial charge in [-0.3, -0.25) is 0 Å². The van der Waals surface area contributed by atoms with E-state index in [1.165, 1.54) is 12.4 Å². The number of hydrogen-bond acceptors (Lipinski definition) is 7. The average Bonchev–Trinajstić information content (AvgIpc) is 3.11. The van der Waals surface area contributed by atoms with Crippen LogP contribution >= 0.6 is 23.1 Å². The largest absolute Gasteiger partial charge is 0.371 e. The number of rotatable bonds is 4. The van der Waals surface area contributed by atoms with Crippen LogP contribution in [0.1, 0.15) is 17.1 Å². The number of hydrogen-bond donors (Lipinski definition) is 0. The van der Waals surface area contributed by atoms with Gasteiger partial charge in [0.1, 0.15) is 0 Å². The lowest BCUT2D eigenvalue weighted by Crippen LogP contribution is -2.59. The molecule has 2 aliphatic heterocycles. The summed E-state index contributed by atoms with van der Waals surface area (Å²) in [5.41, 5.74) is 1.02. The summed E-state index contributed by atoms with van der Waals surface area (Å²) in [6.45, 7) is 4.41. The van der Waals surface area contributed by atoms with Crippen LogP contribution in [-0.4, -0.2) is 44.6 Å². The summed E-state index contributed by atoms with van der Waals surface area (Å²) in [6, 6.07) is 0. The topological polar surface area (TPSA) is 51.1 Å². The lowest BCUT2D eigenvalue weighted by Gasteiger charge is -2.47. The molecule has 0 saturated carbocycles. The molecule has 4 heterocycles. The molecule has 2 saturated heterocycles. The van der Waals surface area contributed by atoms with E-state index in [0.29, 0.717) is 12.6 Å². The third-order valence-electron chi connectivity index (χ3n) is 4.16. The molecule has 0 N–H and O–H groups in total. The standard InChI is InChI=1S/C15H17FN4OS2/c1-10-19-12(6-22-10)5-21-13-2-15(23-7-13)8-20(9-15)14-17-3-11(16)4-18-14/h3-4,6,13H,2,5,7-9H2,1H3. The summed E-state index contributed by atoms with van der Waals surface area (Å²) >= 11 is 3.63. The Morgan fingerprint density at radius 3 is 2.87 bits per heavy atom. The second-order valence-electron chi connectivity index (χ2n) is 6.05. The Morgan fingerprint density at radius 2 is 2.17 bits per heavy atom. The fraction of sp³-hybridized carbons (Fsp3) is 0.533. The Hall–Kier alpha value is -1.25. The van der Waals surface area contributed by atoms with E-state index in [1.54, 1.807) is 11.3 Å². The smallest absolute Gasteiger partial charge is 0.225 e. The first-order valence-electron chi connectivity index (χ1n) is 7.51. The normalized spacial score (nSPS) is 22.5. The first kappa shape index (κ1) is 15.3. The lowest BCUT2D eigenvalue weighted by molar-refractivity contribution is 0.0461. The minimum absolute atomic E-state index is 0.237. The van der Waals surface area contributed by atoms with Gasteiger partial charge in [0, 0.05) is 24.2 Å². The monoisotopic (exact) mass is 352 g/mol. The quantitative estimate of drug-likeness (QED) is 0.843. The van der Waals surface area contributed by atoms with E-state index in [4.69, 9.17) is 4.74 Å². The van der Waals surface area contributed by atoms with Gasteiger partial charge in [-0.2, -0.15) is 0 Å². The van der Waals surface area contributed by atoms with Crippen molar-refractivity contribution in [3.8, 4) is 0 Å². The van der Waals surface area contributed by atoms with Crippen LogP contribution < -0.4 is 4.90 Å². The Kier molecular flexibility index (Phi) is 3.98. The van der Waals surface area contributed by atoms with Crippen LogP contribution in [0.4, 0.5) is 10.3 Å². The van der Waals surface area contributed by atoms with Crippen molar-refractivity contribution < 1.29 is 9.13 Å². The Labute approximate surface area is 142 Å². The number of aryl methyl sites for hydroxylation is 1. The van der Waals surface area contributed by atoms with Crippen LogP contribution in [0.5, 0.6) is 0 Å². The van der Waals surface area contributed by atoms with Crippen LogP contribution in [0, 0.1) is 12.7 Å². The number of thioether (sulfide) groups is 1. The van der Waals surface area contributed by atoms with Crippen molar-refractivity contribution in [2.45, 2.75) is 30.8 Å². The zero-order valence-corrected chi connectivity index (χ0v) is 14.4. The van der Waals surface area contributed by atoms with E-state index >= 15 is 0 Å². The van der Waals surface area contributed by atoms with Gasteiger partial charge in [0.05, 0.1) is 40.6 Å². The molecule has 0 bridgehead atoms. The predicted octanol–water partition coefficient (Wildman–Crippen LogP) is 2.66. The van der Waals surface area contributed by atoms with Gasteiger partial charge in [-0.05, 0) is 13.3 Å². The molecule has 2 fully saturated rings. The molecule has 122 valence electrons. The molecule has 5 nitrogen and oxygen atoms in total. The maximum atomic E-state index is 12.9. The van der Waals surface area contributed by atoms with Crippen LogP contribution in [0.3, 0.4) is 0 Å². The highest BCUT2D eigenvalue weighted by Gasteiger charge is 2.50. The van der Waals surface area contributed by atoms with Crippen molar-refractivity contribution in [3.63, 3.8) is 0 Å². The molecule has 4 rings (SSSR count). The van der Waals surface area contributed by atoms with Gasteiger partial charge in [0.25, 0.3) is 0 Å². The van der Waals surface area contributed by atoms with Gasteiger partial charge < -0.3 is 9.64 Å². The molecule has 1 atom stereocenters. The highest BCUT2D eigenvalue weighted by molar-refractivity contribution is 8.01. The SMILES string of the molecule is Cc1nc(COC2CSC3(C2)CN(c2ncc(F)cn2)C3)cs1. The highest BCUT2D eigenvalue weighted by Crippen LogP contribution is 2.46. The van der Waals surface area contributed by atoms with Crippen LogP contribution in [0.15, 0.2) is 17.8 Å². The molecule has 1 unspecified atom stereocenters. The second-order valence-corrected chi connectivity index (χ2v) is 8.60. The molecule has 23 heavy (non-hydrogen) atoms. The molecular formula is C15H17FN4OS2. The maximum absolute atomic E-state index is 12.9. The van der Waals surface area contributed by atoms with E-state index in [1.807, 2.05) is 18.7 Å². The highest BCUT2D eigenvalue weighted by atomic mass is 32.2. The molecule has 2 aromatic rings. The zero-order chi connectivity index (χ0) is 15.9. The van der Waals surface area contributed by atoms with E-state index in [9.17, 15) is 4.39 Å². The first-order valence-corrected chi connectivity index (χ1v) is 9.37. The molecule has 0 aliphatic carbocycles. The molecule has 2 aliphatic rings. The molecule has 0 amide bonds. The van der Waals surface area contributed by atoms with Crippen LogP contribution in [0.2, 0.25) is 0 Å². The van der Waals surface area contributed by atoms with Gasteiger partial charge >= 0.3 is 0 Å². The number of anilines is 1. The molecule has 8 heteroatoms. The molecule has 0 aromatic carbocycles. The fourth-order valence-electron chi connectivity index (χ4n) is 3.07. The lowest BCUT2D eigenvalue weighted by atomic mass is 9.93. The average molecular weight is 352 g/mol. The molecule has 1 spiro atoms. The number of aromatic nitrogens is 3. The first-order chi connectivity index (χ1) is 11.1. The second kappa shape index (κ2) is 5.99. The van der Waals surface area contributed by atoms with Gasteiger partial charge in [-0.25, -0.2) is 19.3 Å². The van der Waals surface area contributed by atoms with Crippen molar-refractivity contribution in [3.05, 3.63) is 34.3 Å². The molecule has 0 radical (unpaired) electrons. The summed E-state index contributed by atoms with van der Waals surface area (Å²) in [4.78, 5) is 14.6. The van der Waals surface area contributed by atoms with Gasteiger partial charge in [-0.1, -0.05) is 0 Å². The minimum atomic E-state index is -0.398. The summed E-state index contributed by atoms with van der Waals surface area (Å²) in [5.74, 6) is 1.23. The van der Waals surface area contributed by atoms with Crippen molar-refractivity contribution in [1.29, 1.82) is 0 Å². The Balaban J connectivity index is 1.28. The summed E-state index contributed by atoms with van der Waals surface area (Å²) < 4.78 is 19.1. The Morgan fingerprint density at radius 1 is 1.39 bits per heavy atom. The Bertz CT molecular complexity index is 687. The maximum Gasteiger partial charge on any atom is 0.225 e. The van der Waals surface area contributed by atoms with Crippen molar-refractivity contribution >= 4 is 29.0 Å². The summed E-state index contributed by atoms with van der Waals surface area (Å²) in [6.07, 6.45) is 3.75. The van der Waals surface area contributed by atoms with E-state index in [0.717, 1.165) is 36.0 Å². The van der Waals surface area contributed by atoms with E-state index in [-0.39, 0.29) is 10.9 Å². The predicted molar refractivity (Wildman–Crippen MR) is 89.4 cm³/mol. The number of thiazole rings is 1. The summed E-state index contributed by atoms with van der Waals surface area (Å²) in [7, 11) is 0. The van der Waals surface area contributed by atoms with Gasteiger partial charge in [0.15, 0.2) is 5.82 Å². The number of ether oxygens (including phenoxy) is 1. The van der Waals surface area contributed by atoms with Gasteiger partial charge in [-0.15, -0.1) is 23.1 Å². The van der Waals surface area contributed by atoms with E-state index < -0.39 is 5.82 Å².